The number of rotatable bonds is 5. The summed E-state index contributed by atoms with van der Waals surface area (Å²) in [5.74, 6) is 0.0790. The second-order valence-electron chi connectivity index (χ2n) is 3.92. The van der Waals surface area contributed by atoms with E-state index in [0.717, 1.165) is 11.6 Å². The van der Waals surface area contributed by atoms with E-state index < -0.39 is 16.9 Å². The van der Waals surface area contributed by atoms with Crippen LogP contribution in [0.25, 0.3) is 11.3 Å². The number of nitrogens with zero attached hydrogens (tertiary/aromatic N) is 2. The Morgan fingerprint density at radius 1 is 1.20 bits per heavy atom. The smallest absolute Gasteiger partial charge is 0.251 e. The molecular weight excluding hydrogens is 282 g/mol. The molecule has 2 aromatic rings. The van der Waals surface area contributed by atoms with Crippen LogP contribution in [-0.2, 0) is 10.8 Å². The van der Waals surface area contributed by atoms with Crippen molar-refractivity contribution in [2.24, 2.45) is 0 Å². The van der Waals surface area contributed by atoms with Crippen molar-refractivity contribution in [3.8, 4) is 11.3 Å². The molecule has 0 aliphatic rings. The van der Waals surface area contributed by atoms with Crippen LogP contribution in [0, 0.1) is 0 Å². The quantitative estimate of drug-likeness (QED) is 0.794. The molecule has 2 rings (SSSR count). The summed E-state index contributed by atoms with van der Waals surface area (Å²) in [7, 11) is -1.48. The first-order valence-corrected chi connectivity index (χ1v) is 7.26. The Morgan fingerprint density at radius 2 is 1.95 bits per heavy atom. The van der Waals surface area contributed by atoms with E-state index in [9.17, 15) is 13.0 Å². The van der Waals surface area contributed by atoms with E-state index in [-0.39, 0.29) is 17.3 Å². The van der Waals surface area contributed by atoms with Gasteiger partial charge in [-0.15, -0.1) is 0 Å². The van der Waals surface area contributed by atoms with E-state index in [1.165, 1.54) is 6.20 Å². The third-order valence-corrected chi connectivity index (χ3v) is 3.72. The second kappa shape index (κ2) is 7.00. The molecule has 3 nitrogen and oxygen atoms in total. The van der Waals surface area contributed by atoms with Gasteiger partial charge >= 0.3 is 0 Å². The highest BCUT2D eigenvalue weighted by atomic mass is 32.2. The standard InChI is InChI=1S/C14H12F2N2OS/c15-13(16)7-4-10-20(19)14-17-9-8-12(18-14)11-5-2-1-3-6-11/h1-3,5-9H,4,10H2. The Bertz CT molecular complexity index is 628. The molecule has 0 N–H and O–H groups in total. The van der Waals surface area contributed by atoms with Gasteiger partial charge in [0.25, 0.3) is 6.08 Å². The summed E-state index contributed by atoms with van der Waals surface area (Å²) in [5, 5.41) is 0.166. The van der Waals surface area contributed by atoms with Crippen molar-refractivity contribution in [3.05, 3.63) is 54.8 Å². The molecular formula is C14H12F2N2OS. The van der Waals surface area contributed by atoms with Gasteiger partial charge in [-0.1, -0.05) is 30.3 Å². The lowest BCUT2D eigenvalue weighted by Gasteiger charge is -2.03. The molecule has 1 heterocycles. The van der Waals surface area contributed by atoms with Crippen LogP contribution in [0.2, 0.25) is 0 Å². The van der Waals surface area contributed by atoms with E-state index in [1.807, 2.05) is 30.3 Å². The zero-order valence-electron chi connectivity index (χ0n) is 10.5. The topological polar surface area (TPSA) is 42.9 Å². The summed E-state index contributed by atoms with van der Waals surface area (Å²) in [4.78, 5) is 8.16. The molecule has 1 aromatic carbocycles. The molecule has 0 saturated carbocycles. The maximum Gasteiger partial charge on any atom is 0.266 e. The van der Waals surface area contributed by atoms with Crippen LogP contribution in [0.5, 0.6) is 0 Å². The van der Waals surface area contributed by atoms with Crippen LogP contribution < -0.4 is 0 Å². The molecule has 20 heavy (non-hydrogen) atoms. The number of halogens is 2. The van der Waals surface area contributed by atoms with Crippen LogP contribution >= 0.6 is 0 Å². The fourth-order valence-electron chi connectivity index (χ4n) is 1.59. The van der Waals surface area contributed by atoms with Crippen molar-refractivity contribution < 1.29 is 13.0 Å². The number of aromatic nitrogens is 2. The van der Waals surface area contributed by atoms with E-state index in [2.05, 4.69) is 9.97 Å². The highest BCUT2D eigenvalue weighted by Gasteiger charge is 2.08. The van der Waals surface area contributed by atoms with Crippen LogP contribution in [0.15, 0.2) is 59.9 Å². The van der Waals surface area contributed by atoms with Crippen molar-refractivity contribution in [2.45, 2.75) is 11.6 Å². The SMILES string of the molecule is O=S(CCC=C(F)F)c1nccc(-c2ccccc2)n1. The molecule has 104 valence electrons. The maximum absolute atomic E-state index is 11.9. The van der Waals surface area contributed by atoms with Crippen LogP contribution in [0.3, 0.4) is 0 Å². The monoisotopic (exact) mass is 294 g/mol. The first-order chi connectivity index (χ1) is 9.66. The van der Waals surface area contributed by atoms with Crippen molar-refractivity contribution in [3.63, 3.8) is 0 Å². The van der Waals surface area contributed by atoms with E-state index in [1.54, 1.807) is 6.07 Å². The fourth-order valence-corrected chi connectivity index (χ4v) is 2.48. The third kappa shape index (κ3) is 4.03. The van der Waals surface area contributed by atoms with Crippen LogP contribution in [-0.4, -0.2) is 19.9 Å². The maximum atomic E-state index is 11.9. The predicted molar refractivity (Wildman–Crippen MR) is 73.7 cm³/mol. The summed E-state index contributed by atoms with van der Waals surface area (Å²) >= 11 is 0. The molecule has 0 aliphatic carbocycles. The minimum Gasteiger partial charge on any atom is -0.251 e. The van der Waals surface area contributed by atoms with E-state index >= 15 is 0 Å². The number of allylic oxidation sites excluding steroid dienone is 1. The molecule has 6 heteroatoms. The largest absolute Gasteiger partial charge is 0.266 e. The minimum atomic E-state index is -1.76. The molecule has 0 bridgehead atoms. The van der Waals surface area contributed by atoms with Crippen LogP contribution in [0.4, 0.5) is 8.78 Å². The molecule has 0 radical (unpaired) electrons. The Balaban J connectivity index is 2.14. The van der Waals surface area contributed by atoms with Crippen LogP contribution in [0.1, 0.15) is 6.42 Å². The average Bonchev–Trinajstić information content (AvgIpc) is 2.48. The van der Waals surface area contributed by atoms with Crippen molar-refractivity contribution in [2.75, 3.05) is 5.75 Å². The predicted octanol–water partition coefficient (Wildman–Crippen LogP) is 3.42. The van der Waals surface area contributed by atoms with Gasteiger partial charge < -0.3 is 0 Å². The fraction of sp³-hybridized carbons (Fsp3) is 0.143. The molecule has 0 amide bonds. The third-order valence-electron chi connectivity index (χ3n) is 2.51. The van der Waals surface area contributed by atoms with Gasteiger partial charge in [-0.05, 0) is 18.6 Å². The Morgan fingerprint density at radius 3 is 2.65 bits per heavy atom. The number of hydrogen-bond acceptors (Lipinski definition) is 3. The summed E-state index contributed by atoms with van der Waals surface area (Å²) in [6.07, 6.45) is 0.544. The van der Waals surface area contributed by atoms with Gasteiger partial charge in [-0.3, -0.25) is 4.21 Å². The van der Waals surface area contributed by atoms with Gasteiger partial charge in [0.1, 0.15) is 0 Å². The molecule has 1 unspecified atom stereocenters. The lowest BCUT2D eigenvalue weighted by Crippen LogP contribution is -2.03. The first-order valence-electron chi connectivity index (χ1n) is 5.95. The lowest BCUT2D eigenvalue weighted by atomic mass is 10.1. The zero-order valence-corrected chi connectivity index (χ0v) is 11.3. The lowest BCUT2D eigenvalue weighted by molar-refractivity contribution is 0.418. The summed E-state index contributed by atoms with van der Waals surface area (Å²) in [6.45, 7) is 0. The molecule has 0 fully saturated rings. The molecule has 1 atom stereocenters. The molecule has 0 aliphatic heterocycles. The number of benzene rings is 1. The first kappa shape index (κ1) is 14.5. The second-order valence-corrected chi connectivity index (χ2v) is 5.39. The zero-order chi connectivity index (χ0) is 14.4. The number of hydrogen-bond donors (Lipinski definition) is 0. The Labute approximate surface area is 117 Å². The Kier molecular flexibility index (Phi) is 5.06. The van der Waals surface area contributed by atoms with Gasteiger partial charge in [0, 0.05) is 17.5 Å². The summed E-state index contributed by atoms with van der Waals surface area (Å²) < 4.78 is 35.7. The van der Waals surface area contributed by atoms with Gasteiger partial charge in [-0.25, -0.2) is 9.97 Å². The molecule has 0 spiro atoms. The highest BCUT2D eigenvalue weighted by molar-refractivity contribution is 7.84. The Hall–Kier alpha value is -1.95. The van der Waals surface area contributed by atoms with Crippen molar-refractivity contribution in [1.29, 1.82) is 0 Å². The van der Waals surface area contributed by atoms with Gasteiger partial charge in [-0.2, -0.15) is 8.78 Å². The van der Waals surface area contributed by atoms with Gasteiger partial charge in [0.2, 0.25) is 5.16 Å². The van der Waals surface area contributed by atoms with Crippen molar-refractivity contribution in [1.82, 2.24) is 9.97 Å². The van der Waals surface area contributed by atoms with E-state index in [0.29, 0.717) is 5.69 Å². The summed E-state index contributed by atoms with van der Waals surface area (Å²) in [5.41, 5.74) is 1.55. The van der Waals surface area contributed by atoms with Gasteiger partial charge in [0.05, 0.1) is 16.5 Å². The highest BCUT2D eigenvalue weighted by Crippen LogP contribution is 2.16. The normalized spacial score (nSPS) is 11.9. The molecule has 1 aromatic heterocycles. The van der Waals surface area contributed by atoms with Gasteiger partial charge in [0.15, 0.2) is 0 Å². The summed E-state index contributed by atoms with van der Waals surface area (Å²) in [6, 6.07) is 11.1. The average molecular weight is 294 g/mol. The van der Waals surface area contributed by atoms with E-state index in [4.69, 9.17) is 0 Å². The molecule has 0 saturated heterocycles. The minimum absolute atomic E-state index is 0.0356. The van der Waals surface area contributed by atoms with Crippen molar-refractivity contribution >= 4 is 10.8 Å².